The number of aryl methyl sites for hydroxylation is 2. The van der Waals surface area contributed by atoms with E-state index in [1.54, 1.807) is 18.5 Å². The van der Waals surface area contributed by atoms with Gasteiger partial charge < -0.3 is 5.32 Å². The summed E-state index contributed by atoms with van der Waals surface area (Å²) >= 11 is 0. The maximum Gasteiger partial charge on any atom is 0.433 e. The molecule has 6 nitrogen and oxygen atoms in total. The van der Waals surface area contributed by atoms with Crippen LogP contribution in [-0.4, -0.2) is 32.0 Å². The molecule has 1 amide bonds. The van der Waals surface area contributed by atoms with Crippen LogP contribution >= 0.6 is 0 Å². The first-order chi connectivity index (χ1) is 11.6. The lowest BCUT2D eigenvalue weighted by molar-refractivity contribution is -0.144. The molecule has 0 saturated heterocycles. The molecule has 2 rings (SSSR count). The molecular weight excluding hydrogens is 335 g/mol. The molecule has 138 valence electrons. The fraction of sp³-hybridized carbons (Fsp3) is 0.562. The van der Waals surface area contributed by atoms with Gasteiger partial charge in [0.1, 0.15) is 5.69 Å². The number of hydrogen-bond donors (Lipinski definition) is 1. The Morgan fingerprint density at radius 3 is 2.56 bits per heavy atom. The minimum absolute atomic E-state index is 0.0656. The average molecular weight is 357 g/mol. The van der Waals surface area contributed by atoms with Crippen LogP contribution in [0.15, 0.2) is 12.3 Å². The van der Waals surface area contributed by atoms with Gasteiger partial charge in [-0.1, -0.05) is 6.92 Å². The van der Waals surface area contributed by atoms with Crippen LogP contribution in [0.25, 0.3) is 0 Å². The number of aromatic nitrogens is 4. The van der Waals surface area contributed by atoms with Crippen LogP contribution in [0.1, 0.15) is 41.3 Å². The zero-order chi connectivity index (χ0) is 18.8. The molecular formula is C16H22F3N5O. The number of hydrogen-bond acceptors (Lipinski definition) is 3. The van der Waals surface area contributed by atoms with Gasteiger partial charge in [0.2, 0.25) is 0 Å². The molecule has 25 heavy (non-hydrogen) atoms. The largest absolute Gasteiger partial charge is 0.433 e. The van der Waals surface area contributed by atoms with Crippen molar-refractivity contribution in [3.63, 3.8) is 0 Å². The van der Waals surface area contributed by atoms with Crippen LogP contribution in [0.3, 0.4) is 0 Å². The molecule has 2 aromatic rings. The van der Waals surface area contributed by atoms with Crippen molar-refractivity contribution in [3.8, 4) is 0 Å². The third kappa shape index (κ3) is 4.40. The van der Waals surface area contributed by atoms with E-state index < -0.39 is 11.9 Å². The first-order valence-corrected chi connectivity index (χ1v) is 8.05. The Bertz CT molecular complexity index is 748. The summed E-state index contributed by atoms with van der Waals surface area (Å²) in [5.41, 5.74) is 0.768. The van der Waals surface area contributed by atoms with E-state index in [4.69, 9.17) is 0 Å². The van der Waals surface area contributed by atoms with Crippen molar-refractivity contribution in [3.05, 3.63) is 34.9 Å². The zero-order valence-corrected chi connectivity index (χ0v) is 14.7. The number of alkyl halides is 3. The van der Waals surface area contributed by atoms with E-state index in [9.17, 15) is 18.0 Å². The molecule has 0 spiro atoms. The van der Waals surface area contributed by atoms with Gasteiger partial charge >= 0.3 is 6.18 Å². The molecule has 0 unspecified atom stereocenters. The summed E-state index contributed by atoms with van der Waals surface area (Å²) in [7, 11) is 0. The van der Waals surface area contributed by atoms with Gasteiger partial charge in [0.25, 0.3) is 5.91 Å². The Kier molecular flexibility index (Phi) is 5.54. The second kappa shape index (κ2) is 7.28. The average Bonchev–Trinajstić information content (AvgIpc) is 3.07. The number of nitrogens with zero attached hydrogens (tertiary/aromatic N) is 4. The van der Waals surface area contributed by atoms with Crippen molar-refractivity contribution in [2.75, 3.05) is 6.54 Å². The van der Waals surface area contributed by atoms with Gasteiger partial charge in [-0.25, -0.2) is 0 Å². The van der Waals surface area contributed by atoms with Crippen molar-refractivity contribution >= 4 is 5.91 Å². The topological polar surface area (TPSA) is 64.7 Å². The van der Waals surface area contributed by atoms with Gasteiger partial charge in [-0.05, 0) is 32.8 Å². The molecule has 0 fully saturated rings. The summed E-state index contributed by atoms with van der Waals surface area (Å²) in [6.45, 7) is 7.98. The summed E-state index contributed by atoms with van der Waals surface area (Å²) < 4.78 is 41.6. The fourth-order valence-corrected chi connectivity index (χ4v) is 2.62. The molecule has 2 heterocycles. The molecule has 9 heteroatoms. The Hall–Kier alpha value is -2.32. The summed E-state index contributed by atoms with van der Waals surface area (Å²) in [4.78, 5) is 12.2. The van der Waals surface area contributed by atoms with E-state index >= 15 is 0 Å². The highest BCUT2D eigenvalue weighted by atomic mass is 19.4. The monoisotopic (exact) mass is 357 g/mol. The van der Waals surface area contributed by atoms with Crippen LogP contribution in [0, 0.1) is 19.8 Å². The van der Waals surface area contributed by atoms with Crippen molar-refractivity contribution in [2.24, 2.45) is 5.92 Å². The Balaban J connectivity index is 1.98. The number of carbonyl (C=O) groups excluding carboxylic acids is 1. The van der Waals surface area contributed by atoms with Gasteiger partial charge in [0, 0.05) is 25.3 Å². The number of nitrogens with one attached hydrogen (secondary N) is 1. The number of halogens is 3. The number of rotatable bonds is 6. The van der Waals surface area contributed by atoms with Crippen molar-refractivity contribution in [1.29, 1.82) is 0 Å². The molecule has 0 bridgehead atoms. The van der Waals surface area contributed by atoms with Gasteiger partial charge in [-0.15, -0.1) is 0 Å². The lowest BCUT2D eigenvalue weighted by Crippen LogP contribution is -2.31. The highest BCUT2D eigenvalue weighted by Gasteiger charge is 2.35. The van der Waals surface area contributed by atoms with Crippen LogP contribution in [-0.2, 0) is 19.3 Å². The lowest BCUT2D eigenvalue weighted by Gasteiger charge is -2.16. The Morgan fingerprint density at radius 1 is 1.32 bits per heavy atom. The predicted octanol–water partition coefficient (Wildman–Crippen LogP) is 2.80. The molecule has 0 saturated carbocycles. The van der Waals surface area contributed by atoms with E-state index in [0.29, 0.717) is 17.8 Å². The first kappa shape index (κ1) is 19.0. The maximum absolute atomic E-state index is 13.0. The highest BCUT2D eigenvalue weighted by Crippen LogP contribution is 2.30. The Morgan fingerprint density at radius 2 is 2.00 bits per heavy atom. The molecule has 1 N–H and O–H groups in total. The number of carbonyl (C=O) groups is 1. The molecule has 0 radical (unpaired) electrons. The molecule has 0 aliphatic carbocycles. The SMILES string of the molecule is CCn1ncc(C(=O)NC[C@@H](C)Cn2nc(C)cc2C(F)(F)F)c1C. The van der Waals surface area contributed by atoms with Gasteiger partial charge in [-0.2, -0.15) is 23.4 Å². The van der Waals surface area contributed by atoms with Gasteiger partial charge in [0.05, 0.1) is 17.5 Å². The summed E-state index contributed by atoms with van der Waals surface area (Å²) in [5.74, 6) is -0.498. The van der Waals surface area contributed by atoms with Crippen LogP contribution in [0.5, 0.6) is 0 Å². The minimum Gasteiger partial charge on any atom is -0.352 e. The van der Waals surface area contributed by atoms with Crippen LogP contribution in [0.4, 0.5) is 13.2 Å². The molecule has 0 aliphatic rings. The Labute approximate surface area is 144 Å². The minimum atomic E-state index is -4.45. The molecule has 1 atom stereocenters. The third-order valence-electron chi connectivity index (χ3n) is 3.94. The van der Waals surface area contributed by atoms with Crippen molar-refractivity contribution in [2.45, 2.75) is 47.0 Å². The third-order valence-corrected chi connectivity index (χ3v) is 3.94. The predicted molar refractivity (Wildman–Crippen MR) is 86.1 cm³/mol. The van der Waals surface area contributed by atoms with Crippen LogP contribution in [0.2, 0.25) is 0 Å². The smallest absolute Gasteiger partial charge is 0.352 e. The van der Waals surface area contributed by atoms with Crippen molar-refractivity contribution < 1.29 is 18.0 Å². The number of amides is 1. The van der Waals surface area contributed by atoms with Gasteiger partial charge in [0.15, 0.2) is 0 Å². The van der Waals surface area contributed by atoms with E-state index in [2.05, 4.69) is 15.5 Å². The molecule has 0 aliphatic heterocycles. The normalized spacial score (nSPS) is 13.1. The fourth-order valence-electron chi connectivity index (χ4n) is 2.62. The standard InChI is InChI=1S/C16H22F3N5O/c1-5-23-12(4)13(8-21-23)15(25)20-7-10(2)9-24-14(16(17,18)19)6-11(3)22-24/h6,8,10H,5,7,9H2,1-4H3,(H,20,25)/t10-/m1/s1. The quantitative estimate of drug-likeness (QED) is 0.865. The van der Waals surface area contributed by atoms with Gasteiger partial charge in [-0.3, -0.25) is 14.2 Å². The van der Waals surface area contributed by atoms with E-state index in [0.717, 1.165) is 16.4 Å². The highest BCUT2D eigenvalue weighted by molar-refractivity contribution is 5.95. The lowest BCUT2D eigenvalue weighted by atomic mass is 10.1. The maximum atomic E-state index is 13.0. The van der Waals surface area contributed by atoms with E-state index in [1.807, 2.05) is 6.92 Å². The first-order valence-electron chi connectivity index (χ1n) is 8.05. The van der Waals surface area contributed by atoms with Crippen LogP contribution < -0.4 is 5.32 Å². The second-order valence-electron chi connectivity index (χ2n) is 6.13. The van der Waals surface area contributed by atoms with Crippen molar-refractivity contribution in [1.82, 2.24) is 24.9 Å². The molecule has 2 aromatic heterocycles. The van der Waals surface area contributed by atoms with E-state index in [-0.39, 0.29) is 24.9 Å². The summed E-state index contributed by atoms with van der Waals surface area (Å²) in [5, 5.41) is 10.8. The molecule has 0 aromatic carbocycles. The summed E-state index contributed by atoms with van der Waals surface area (Å²) in [6, 6.07) is 1.02. The second-order valence-corrected chi connectivity index (χ2v) is 6.13. The zero-order valence-electron chi connectivity index (χ0n) is 14.7. The summed E-state index contributed by atoms with van der Waals surface area (Å²) in [6.07, 6.45) is -2.95. The van der Waals surface area contributed by atoms with E-state index in [1.165, 1.54) is 13.1 Å².